The predicted molar refractivity (Wildman–Crippen MR) is 66.6 cm³/mol. The average molecular weight is 251 g/mol. The SMILES string of the molecule is Cc1ccc(C(=O)CC(NCCO)C(=O)O)cc1. The van der Waals surface area contributed by atoms with Crippen LogP contribution in [0.5, 0.6) is 0 Å². The van der Waals surface area contributed by atoms with E-state index in [9.17, 15) is 9.59 Å². The lowest BCUT2D eigenvalue weighted by molar-refractivity contribution is -0.139. The summed E-state index contributed by atoms with van der Waals surface area (Å²) in [5.74, 6) is -1.32. The minimum absolute atomic E-state index is 0.127. The third kappa shape index (κ3) is 4.27. The highest BCUT2D eigenvalue weighted by atomic mass is 16.4. The number of aliphatic carboxylic acids is 1. The maximum atomic E-state index is 11.9. The Morgan fingerprint density at radius 2 is 1.89 bits per heavy atom. The van der Waals surface area contributed by atoms with E-state index >= 15 is 0 Å². The average Bonchev–Trinajstić information content (AvgIpc) is 2.34. The van der Waals surface area contributed by atoms with Gasteiger partial charge in [-0.05, 0) is 6.92 Å². The fourth-order valence-corrected chi connectivity index (χ4v) is 1.53. The Bertz CT molecular complexity index is 414. The molecule has 3 N–H and O–H groups in total. The molecule has 18 heavy (non-hydrogen) atoms. The van der Waals surface area contributed by atoms with E-state index in [0.29, 0.717) is 5.56 Å². The highest BCUT2D eigenvalue weighted by molar-refractivity contribution is 5.98. The molecular weight excluding hydrogens is 234 g/mol. The van der Waals surface area contributed by atoms with E-state index < -0.39 is 12.0 Å². The highest BCUT2D eigenvalue weighted by Gasteiger charge is 2.20. The maximum Gasteiger partial charge on any atom is 0.321 e. The second-order valence-corrected chi connectivity index (χ2v) is 4.06. The molecule has 0 aromatic heterocycles. The fourth-order valence-electron chi connectivity index (χ4n) is 1.53. The topological polar surface area (TPSA) is 86.6 Å². The summed E-state index contributed by atoms with van der Waals surface area (Å²) in [7, 11) is 0. The molecule has 1 aromatic carbocycles. The van der Waals surface area contributed by atoms with Gasteiger partial charge in [-0.2, -0.15) is 0 Å². The molecule has 0 heterocycles. The van der Waals surface area contributed by atoms with Gasteiger partial charge in [-0.15, -0.1) is 0 Å². The first-order valence-electron chi connectivity index (χ1n) is 5.71. The third-order valence-corrected chi connectivity index (χ3v) is 2.56. The second-order valence-electron chi connectivity index (χ2n) is 4.06. The molecule has 0 aliphatic carbocycles. The first kappa shape index (κ1) is 14.3. The molecule has 0 aliphatic rings. The molecule has 1 atom stereocenters. The number of ketones is 1. The standard InChI is InChI=1S/C13H17NO4/c1-9-2-4-10(5-3-9)12(16)8-11(13(17)18)14-6-7-15/h2-5,11,14-15H,6-8H2,1H3,(H,17,18). The summed E-state index contributed by atoms with van der Waals surface area (Å²) in [5.41, 5.74) is 1.54. The molecular formula is C13H17NO4. The van der Waals surface area contributed by atoms with E-state index in [-0.39, 0.29) is 25.4 Å². The molecule has 1 rings (SSSR count). The van der Waals surface area contributed by atoms with Crippen LogP contribution in [0.4, 0.5) is 0 Å². The molecule has 0 radical (unpaired) electrons. The van der Waals surface area contributed by atoms with Gasteiger partial charge in [-0.25, -0.2) is 0 Å². The van der Waals surface area contributed by atoms with Gasteiger partial charge in [-0.3, -0.25) is 9.59 Å². The summed E-state index contributed by atoms with van der Waals surface area (Å²) in [6.07, 6.45) is -0.127. The van der Waals surface area contributed by atoms with Crippen molar-refractivity contribution >= 4 is 11.8 Å². The van der Waals surface area contributed by atoms with Crippen LogP contribution in [0.15, 0.2) is 24.3 Å². The van der Waals surface area contributed by atoms with E-state index in [1.54, 1.807) is 12.1 Å². The van der Waals surface area contributed by atoms with E-state index in [1.807, 2.05) is 19.1 Å². The number of benzene rings is 1. The minimum Gasteiger partial charge on any atom is -0.480 e. The zero-order chi connectivity index (χ0) is 13.5. The lowest BCUT2D eigenvalue weighted by Crippen LogP contribution is -2.39. The van der Waals surface area contributed by atoms with Gasteiger partial charge in [0.25, 0.3) is 0 Å². The second kappa shape index (κ2) is 6.88. The minimum atomic E-state index is -1.09. The molecule has 0 spiro atoms. The van der Waals surface area contributed by atoms with Crippen molar-refractivity contribution in [3.05, 3.63) is 35.4 Å². The molecule has 1 aromatic rings. The number of Topliss-reactive ketones (excluding diaryl/α,β-unsaturated/α-hetero) is 1. The van der Waals surface area contributed by atoms with Crippen LogP contribution in [0, 0.1) is 6.92 Å². The van der Waals surface area contributed by atoms with Gasteiger partial charge in [0, 0.05) is 18.5 Å². The Morgan fingerprint density at radius 3 is 2.39 bits per heavy atom. The number of hydrogen-bond acceptors (Lipinski definition) is 4. The Balaban J connectivity index is 2.66. The fraction of sp³-hybridized carbons (Fsp3) is 0.385. The molecule has 0 fully saturated rings. The van der Waals surface area contributed by atoms with Crippen LogP contribution in [0.2, 0.25) is 0 Å². The Hall–Kier alpha value is -1.72. The summed E-state index contributed by atoms with van der Waals surface area (Å²) in [6.45, 7) is 1.90. The van der Waals surface area contributed by atoms with E-state index in [1.165, 1.54) is 0 Å². The summed E-state index contributed by atoms with van der Waals surface area (Å²) in [6, 6.07) is 6.02. The van der Waals surface area contributed by atoms with Crippen LogP contribution in [-0.2, 0) is 4.79 Å². The molecule has 5 nitrogen and oxygen atoms in total. The number of rotatable bonds is 7. The zero-order valence-corrected chi connectivity index (χ0v) is 10.2. The van der Waals surface area contributed by atoms with Crippen LogP contribution in [0.1, 0.15) is 22.3 Å². The first-order chi connectivity index (χ1) is 8.54. The van der Waals surface area contributed by atoms with Crippen LogP contribution < -0.4 is 5.32 Å². The molecule has 1 unspecified atom stereocenters. The highest BCUT2D eigenvalue weighted by Crippen LogP contribution is 2.08. The van der Waals surface area contributed by atoms with Gasteiger partial charge >= 0.3 is 5.97 Å². The largest absolute Gasteiger partial charge is 0.480 e. The molecule has 0 bridgehead atoms. The smallest absolute Gasteiger partial charge is 0.321 e. The van der Waals surface area contributed by atoms with E-state index in [0.717, 1.165) is 5.56 Å². The number of carboxylic acid groups (broad SMARTS) is 1. The number of hydrogen-bond donors (Lipinski definition) is 3. The van der Waals surface area contributed by atoms with Crippen molar-refractivity contribution in [2.24, 2.45) is 0 Å². The van der Waals surface area contributed by atoms with Crippen LogP contribution in [-0.4, -0.2) is 41.2 Å². The molecule has 0 saturated heterocycles. The van der Waals surface area contributed by atoms with Crippen molar-refractivity contribution in [1.29, 1.82) is 0 Å². The van der Waals surface area contributed by atoms with Crippen molar-refractivity contribution in [2.75, 3.05) is 13.2 Å². The summed E-state index contributed by atoms with van der Waals surface area (Å²) in [4.78, 5) is 22.8. The number of aryl methyl sites for hydroxylation is 1. The summed E-state index contributed by atoms with van der Waals surface area (Å²) in [5, 5.41) is 20.2. The van der Waals surface area contributed by atoms with Crippen LogP contribution >= 0.6 is 0 Å². The van der Waals surface area contributed by atoms with Crippen molar-refractivity contribution in [2.45, 2.75) is 19.4 Å². The number of nitrogens with one attached hydrogen (secondary N) is 1. The van der Waals surface area contributed by atoms with Crippen LogP contribution in [0.3, 0.4) is 0 Å². The monoisotopic (exact) mass is 251 g/mol. The predicted octanol–water partition coefficient (Wildman–Crippen LogP) is 0.603. The van der Waals surface area contributed by atoms with Gasteiger partial charge in [0.2, 0.25) is 0 Å². The van der Waals surface area contributed by atoms with Gasteiger partial charge in [0.1, 0.15) is 6.04 Å². The normalized spacial score (nSPS) is 12.1. The Morgan fingerprint density at radius 1 is 1.28 bits per heavy atom. The molecule has 5 heteroatoms. The summed E-state index contributed by atoms with van der Waals surface area (Å²) >= 11 is 0. The quantitative estimate of drug-likeness (QED) is 0.618. The van der Waals surface area contributed by atoms with Gasteiger partial charge in [0.05, 0.1) is 6.61 Å². The van der Waals surface area contributed by atoms with Gasteiger partial charge in [0.15, 0.2) is 5.78 Å². The number of carbonyl (C=O) groups is 2. The number of carbonyl (C=O) groups excluding carboxylic acids is 1. The lowest BCUT2D eigenvalue weighted by atomic mass is 10.0. The number of aliphatic hydroxyl groups excluding tert-OH is 1. The first-order valence-corrected chi connectivity index (χ1v) is 5.71. The van der Waals surface area contributed by atoms with Crippen molar-refractivity contribution in [3.8, 4) is 0 Å². The molecule has 0 amide bonds. The number of carboxylic acids is 1. The molecule has 0 aliphatic heterocycles. The van der Waals surface area contributed by atoms with Crippen molar-refractivity contribution < 1.29 is 19.8 Å². The third-order valence-electron chi connectivity index (χ3n) is 2.56. The van der Waals surface area contributed by atoms with Crippen LogP contribution in [0.25, 0.3) is 0 Å². The van der Waals surface area contributed by atoms with E-state index in [2.05, 4.69) is 5.32 Å². The maximum absolute atomic E-state index is 11.9. The Kier molecular flexibility index (Phi) is 5.48. The van der Waals surface area contributed by atoms with E-state index in [4.69, 9.17) is 10.2 Å². The molecule has 0 saturated carbocycles. The van der Waals surface area contributed by atoms with Gasteiger partial charge in [-0.1, -0.05) is 29.8 Å². The number of aliphatic hydroxyl groups is 1. The van der Waals surface area contributed by atoms with Crippen molar-refractivity contribution in [3.63, 3.8) is 0 Å². The molecule has 98 valence electrons. The Labute approximate surface area is 105 Å². The summed E-state index contributed by atoms with van der Waals surface area (Å²) < 4.78 is 0. The van der Waals surface area contributed by atoms with Gasteiger partial charge < -0.3 is 15.5 Å². The lowest BCUT2D eigenvalue weighted by Gasteiger charge is -2.12. The van der Waals surface area contributed by atoms with Crippen molar-refractivity contribution in [1.82, 2.24) is 5.32 Å². The zero-order valence-electron chi connectivity index (χ0n) is 10.2.